The Morgan fingerprint density at radius 3 is 2.96 bits per heavy atom. The number of rotatable bonds is 5. The van der Waals surface area contributed by atoms with E-state index in [-0.39, 0.29) is 36.1 Å². The molecule has 0 spiro atoms. The Morgan fingerprint density at radius 1 is 1.42 bits per heavy atom. The van der Waals surface area contributed by atoms with Crippen LogP contribution in [0.25, 0.3) is 11.3 Å². The van der Waals surface area contributed by atoms with Crippen molar-refractivity contribution in [3.05, 3.63) is 41.9 Å². The lowest BCUT2D eigenvalue weighted by atomic mass is 10.2. The molecular formula is C16H16F2N2O3S. The zero-order chi connectivity index (χ0) is 17.1. The molecule has 24 heavy (non-hydrogen) atoms. The quantitative estimate of drug-likeness (QED) is 0.893. The van der Waals surface area contributed by atoms with Crippen molar-refractivity contribution < 1.29 is 22.2 Å². The molecule has 3 rings (SSSR count). The summed E-state index contributed by atoms with van der Waals surface area (Å²) in [5, 5.41) is 2.83. The summed E-state index contributed by atoms with van der Waals surface area (Å²) in [5.74, 6) is 0.0560. The summed E-state index contributed by atoms with van der Waals surface area (Å²) in [6.07, 6.45) is 2.52. The fraction of sp³-hybridized carbons (Fsp3) is 0.375. The van der Waals surface area contributed by atoms with E-state index in [4.69, 9.17) is 4.42 Å². The summed E-state index contributed by atoms with van der Waals surface area (Å²) in [5.41, 5.74) is 0.119. The number of carbonyl (C=O) groups excluding carboxylic acids is 1. The van der Waals surface area contributed by atoms with Gasteiger partial charge in [0.25, 0.3) is 0 Å². The van der Waals surface area contributed by atoms with Crippen molar-refractivity contribution >= 4 is 16.7 Å². The lowest BCUT2D eigenvalue weighted by Gasteiger charge is -2.09. The highest BCUT2D eigenvalue weighted by Crippen LogP contribution is 2.24. The van der Waals surface area contributed by atoms with Crippen molar-refractivity contribution in [3.63, 3.8) is 0 Å². The Labute approximate surface area is 139 Å². The van der Waals surface area contributed by atoms with Gasteiger partial charge >= 0.3 is 0 Å². The van der Waals surface area contributed by atoms with Gasteiger partial charge in [-0.25, -0.2) is 13.8 Å². The standard InChI is InChI=1S/C16H16F2N2O3S/c17-10-1-2-12(13(18)7-10)14-8-19-16(23-14)4-3-15(21)20-11-5-6-24(22)9-11/h1-2,7-8,11H,3-6,9H2,(H,20,21). The van der Waals surface area contributed by atoms with Crippen LogP contribution in [0.15, 0.2) is 28.8 Å². The first-order valence-corrected chi connectivity index (χ1v) is 9.04. The van der Waals surface area contributed by atoms with E-state index in [2.05, 4.69) is 10.3 Å². The summed E-state index contributed by atoms with van der Waals surface area (Å²) in [7, 11) is -0.839. The second kappa shape index (κ2) is 7.21. The fourth-order valence-corrected chi connectivity index (χ4v) is 3.95. The van der Waals surface area contributed by atoms with E-state index in [0.29, 0.717) is 17.4 Å². The zero-order valence-electron chi connectivity index (χ0n) is 12.8. The molecule has 1 aliphatic rings. The third kappa shape index (κ3) is 4.05. The Balaban J connectivity index is 1.56. The van der Waals surface area contributed by atoms with Gasteiger partial charge in [-0.3, -0.25) is 9.00 Å². The third-order valence-corrected chi connectivity index (χ3v) is 5.23. The minimum atomic E-state index is -0.839. The van der Waals surface area contributed by atoms with Crippen molar-refractivity contribution in [2.24, 2.45) is 0 Å². The number of carbonyl (C=O) groups is 1. The summed E-state index contributed by atoms with van der Waals surface area (Å²) < 4.78 is 43.3. The molecule has 1 saturated heterocycles. The molecule has 0 bridgehead atoms. The van der Waals surface area contributed by atoms with E-state index in [1.54, 1.807) is 0 Å². The van der Waals surface area contributed by atoms with Gasteiger partial charge in [0, 0.05) is 47.3 Å². The lowest BCUT2D eigenvalue weighted by molar-refractivity contribution is -0.121. The molecule has 2 unspecified atom stereocenters. The number of halogens is 2. The van der Waals surface area contributed by atoms with Gasteiger partial charge in [-0.1, -0.05) is 0 Å². The van der Waals surface area contributed by atoms with Crippen LogP contribution in [0.1, 0.15) is 18.7 Å². The first-order valence-electron chi connectivity index (χ1n) is 7.56. The Morgan fingerprint density at radius 2 is 2.25 bits per heavy atom. The van der Waals surface area contributed by atoms with E-state index in [9.17, 15) is 17.8 Å². The molecule has 5 nitrogen and oxygen atoms in total. The number of hydrogen-bond donors (Lipinski definition) is 1. The average molecular weight is 354 g/mol. The second-order valence-corrected chi connectivity index (χ2v) is 7.23. The molecule has 8 heteroatoms. The second-order valence-electron chi connectivity index (χ2n) is 5.61. The highest BCUT2D eigenvalue weighted by atomic mass is 32.2. The molecule has 2 atom stereocenters. The van der Waals surface area contributed by atoms with E-state index >= 15 is 0 Å². The van der Waals surface area contributed by atoms with E-state index in [1.165, 1.54) is 12.3 Å². The minimum absolute atomic E-state index is 0.0354. The van der Waals surface area contributed by atoms with Gasteiger partial charge in [0.05, 0.1) is 11.8 Å². The van der Waals surface area contributed by atoms with Crippen LogP contribution in [-0.2, 0) is 22.0 Å². The first kappa shape index (κ1) is 16.8. The molecule has 1 N–H and O–H groups in total. The molecule has 1 amide bonds. The van der Waals surface area contributed by atoms with Crippen LogP contribution in [0.5, 0.6) is 0 Å². The third-order valence-electron chi connectivity index (χ3n) is 3.76. The van der Waals surface area contributed by atoms with Crippen LogP contribution >= 0.6 is 0 Å². The molecule has 2 aromatic rings. The lowest BCUT2D eigenvalue weighted by Crippen LogP contribution is -2.35. The number of aromatic nitrogens is 1. The van der Waals surface area contributed by atoms with Gasteiger partial charge < -0.3 is 9.73 Å². The smallest absolute Gasteiger partial charge is 0.220 e. The number of amides is 1. The van der Waals surface area contributed by atoms with Crippen molar-refractivity contribution in [1.82, 2.24) is 10.3 Å². The average Bonchev–Trinajstić information content (AvgIpc) is 3.14. The van der Waals surface area contributed by atoms with Crippen molar-refractivity contribution in [3.8, 4) is 11.3 Å². The maximum atomic E-state index is 13.7. The first-order chi connectivity index (χ1) is 11.5. The molecule has 1 aromatic heterocycles. The number of hydrogen-bond acceptors (Lipinski definition) is 4. The summed E-state index contributed by atoms with van der Waals surface area (Å²) >= 11 is 0. The molecule has 1 aliphatic heterocycles. The molecule has 0 aliphatic carbocycles. The SMILES string of the molecule is O=C(CCc1ncc(-c2ccc(F)cc2F)o1)NC1CCS(=O)C1. The number of nitrogens with one attached hydrogen (secondary N) is 1. The van der Waals surface area contributed by atoms with E-state index < -0.39 is 22.4 Å². The topological polar surface area (TPSA) is 72.2 Å². The predicted octanol–water partition coefficient (Wildman–Crippen LogP) is 2.19. The zero-order valence-corrected chi connectivity index (χ0v) is 13.6. The maximum absolute atomic E-state index is 13.7. The van der Waals surface area contributed by atoms with Crippen molar-refractivity contribution in [2.75, 3.05) is 11.5 Å². The van der Waals surface area contributed by atoms with Crippen LogP contribution in [0, 0.1) is 11.6 Å². The highest BCUT2D eigenvalue weighted by molar-refractivity contribution is 7.85. The predicted molar refractivity (Wildman–Crippen MR) is 84.6 cm³/mol. The Kier molecular flexibility index (Phi) is 5.03. The van der Waals surface area contributed by atoms with Gasteiger partial charge in [-0.2, -0.15) is 0 Å². The van der Waals surface area contributed by atoms with Crippen LogP contribution in [0.3, 0.4) is 0 Å². The molecule has 128 valence electrons. The molecule has 2 heterocycles. The molecule has 1 aromatic carbocycles. The normalized spacial score (nSPS) is 20.2. The summed E-state index contributed by atoms with van der Waals surface area (Å²) in [4.78, 5) is 15.9. The van der Waals surface area contributed by atoms with Crippen LogP contribution < -0.4 is 5.32 Å². The Bertz CT molecular complexity index is 778. The number of aryl methyl sites for hydroxylation is 1. The largest absolute Gasteiger partial charge is 0.441 e. The molecule has 0 radical (unpaired) electrons. The Hall–Kier alpha value is -2.09. The van der Waals surface area contributed by atoms with Gasteiger partial charge in [-0.05, 0) is 18.6 Å². The van der Waals surface area contributed by atoms with Gasteiger partial charge in [0.15, 0.2) is 11.7 Å². The summed E-state index contributed by atoms with van der Waals surface area (Å²) in [6.45, 7) is 0. The van der Waals surface area contributed by atoms with Crippen molar-refractivity contribution in [2.45, 2.75) is 25.3 Å². The highest BCUT2D eigenvalue weighted by Gasteiger charge is 2.22. The molecular weight excluding hydrogens is 338 g/mol. The van der Waals surface area contributed by atoms with Gasteiger partial charge in [0.1, 0.15) is 11.6 Å². The number of nitrogens with zero attached hydrogens (tertiary/aromatic N) is 1. The monoisotopic (exact) mass is 354 g/mol. The summed E-state index contributed by atoms with van der Waals surface area (Å²) in [6, 6.07) is 3.16. The molecule has 0 saturated carbocycles. The minimum Gasteiger partial charge on any atom is -0.441 e. The van der Waals surface area contributed by atoms with Gasteiger partial charge in [-0.15, -0.1) is 0 Å². The maximum Gasteiger partial charge on any atom is 0.220 e. The number of oxazole rings is 1. The molecule has 1 fully saturated rings. The van der Waals surface area contributed by atoms with Crippen molar-refractivity contribution in [1.29, 1.82) is 0 Å². The van der Waals surface area contributed by atoms with Crippen LogP contribution in [0.2, 0.25) is 0 Å². The number of benzene rings is 1. The van der Waals surface area contributed by atoms with Crippen LogP contribution in [0.4, 0.5) is 8.78 Å². The van der Waals surface area contributed by atoms with Gasteiger partial charge in [0.2, 0.25) is 5.91 Å². The van der Waals surface area contributed by atoms with E-state index in [0.717, 1.165) is 18.6 Å². The van der Waals surface area contributed by atoms with E-state index in [1.807, 2.05) is 0 Å². The van der Waals surface area contributed by atoms with Crippen LogP contribution in [-0.4, -0.2) is 32.6 Å². The fourth-order valence-electron chi connectivity index (χ4n) is 2.54.